The Kier molecular flexibility index (Phi) is 5.84. The van der Waals surface area contributed by atoms with Crippen molar-refractivity contribution in [2.75, 3.05) is 13.2 Å². The molecular formula is C22H30O2. The highest BCUT2D eigenvalue weighted by Crippen LogP contribution is 2.32. The van der Waals surface area contributed by atoms with Gasteiger partial charge in [0.05, 0.1) is 0 Å². The van der Waals surface area contributed by atoms with Crippen LogP contribution in [0.15, 0.2) is 48.5 Å². The second-order valence-corrected chi connectivity index (χ2v) is 8.36. The number of rotatable bonds is 7. The van der Waals surface area contributed by atoms with Crippen LogP contribution in [0.2, 0.25) is 0 Å². The van der Waals surface area contributed by atoms with E-state index < -0.39 is 0 Å². The molecule has 0 amide bonds. The van der Waals surface area contributed by atoms with Crippen molar-refractivity contribution in [3.63, 3.8) is 0 Å². The molecule has 0 unspecified atom stereocenters. The van der Waals surface area contributed by atoms with Gasteiger partial charge in [0.1, 0.15) is 0 Å². The predicted molar refractivity (Wildman–Crippen MR) is 101 cm³/mol. The zero-order valence-corrected chi connectivity index (χ0v) is 15.3. The summed E-state index contributed by atoms with van der Waals surface area (Å²) in [4.78, 5) is 0. The normalized spacial score (nSPS) is 12.4. The average molecular weight is 326 g/mol. The van der Waals surface area contributed by atoms with Crippen LogP contribution >= 0.6 is 0 Å². The molecule has 0 aliphatic heterocycles. The smallest absolute Gasteiger partial charge is 0.0485 e. The lowest BCUT2D eigenvalue weighted by Gasteiger charge is -2.25. The van der Waals surface area contributed by atoms with E-state index in [-0.39, 0.29) is 24.0 Å². The van der Waals surface area contributed by atoms with Crippen molar-refractivity contribution < 1.29 is 10.2 Å². The van der Waals surface area contributed by atoms with Crippen molar-refractivity contribution >= 4 is 0 Å². The van der Waals surface area contributed by atoms with E-state index in [0.29, 0.717) is 0 Å². The van der Waals surface area contributed by atoms with Gasteiger partial charge in [0.2, 0.25) is 0 Å². The molecule has 0 spiro atoms. The summed E-state index contributed by atoms with van der Waals surface area (Å²) in [7, 11) is 0. The van der Waals surface area contributed by atoms with Crippen LogP contribution in [-0.4, -0.2) is 23.4 Å². The van der Waals surface area contributed by atoms with Gasteiger partial charge in [-0.05, 0) is 45.9 Å². The molecular weight excluding hydrogens is 296 g/mol. The molecule has 0 saturated heterocycles. The second-order valence-electron chi connectivity index (χ2n) is 8.36. The van der Waals surface area contributed by atoms with Gasteiger partial charge in [-0.2, -0.15) is 0 Å². The molecule has 24 heavy (non-hydrogen) atoms. The maximum atomic E-state index is 9.63. The van der Waals surface area contributed by atoms with Gasteiger partial charge in [-0.1, -0.05) is 76.2 Å². The van der Waals surface area contributed by atoms with E-state index in [1.165, 1.54) is 22.3 Å². The summed E-state index contributed by atoms with van der Waals surface area (Å²) in [5, 5.41) is 19.2. The van der Waals surface area contributed by atoms with Crippen molar-refractivity contribution in [3.05, 3.63) is 59.7 Å². The first-order chi connectivity index (χ1) is 11.3. The molecule has 2 rings (SSSR count). The Morgan fingerprint density at radius 1 is 0.750 bits per heavy atom. The molecule has 0 saturated carbocycles. The van der Waals surface area contributed by atoms with Crippen LogP contribution in [0.4, 0.5) is 0 Å². The van der Waals surface area contributed by atoms with Crippen LogP contribution in [0.5, 0.6) is 0 Å². The first-order valence-corrected chi connectivity index (χ1v) is 8.65. The highest BCUT2D eigenvalue weighted by Gasteiger charge is 2.21. The molecule has 0 aromatic heterocycles. The van der Waals surface area contributed by atoms with Crippen molar-refractivity contribution in [2.24, 2.45) is 10.8 Å². The third-order valence-electron chi connectivity index (χ3n) is 4.47. The molecule has 0 atom stereocenters. The van der Waals surface area contributed by atoms with E-state index in [1.807, 2.05) is 6.07 Å². The maximum absolute atomic E-state index is 9.63. The summed E-state index contributed by atoms with van der Waals surface area (Å²) < 4.78 is 0. The third kappa shape index (κ3) is 4.93. The lowest BCUT2D eigenvalue weighted by Crippen LogP contribution is -2.21. The van der Waals surface area contributed by atoms with Crippen LogP contribution in [0, 0.1) is 10.8 Å². The Morgan fingerprint density at radius 3 is 1.92 bits per heavy atom. The fraction of sp³-hybridized carbons (Fsp3) is 0.455. The first-order valence-electron chi connectivity index (χ1n) is 8.65. The number of hydrogen-bond acceptors (Lipinski definition) is 2. The fourth-order valence-corrected chi connectivity index (χ4v) is 2.95. The van der Waals surface area contributed by atoms with E-state index >= 15 is 0 Å². The van der Waals surface area contributed by atoms with Crippen molar-refractivity contribution in [1.29, 1.82) is 0 Å². The van der Waals surface area contributed by atoms with E-state index in [9.17, 15) is 10.2 Å². The van der Waals surface area contributed by atoms with Gasteiger partial charge in [0, 0.05) is 13.2 Å². The number of aliphatic hydroxyl groups is 2. The molecule has 2 nitrogen and oxygen atoms in total. The minimum atomic E-state index is -0.143. The zero-order chi connectivity index (χ0) is 17.8. The first kappa shape index (κ1) is 18.7. The molecule has 2 aromatic carbocycles. The van der Waals surface area contributed by atoms with E-state index in [4.69, 9.17) is 0 Å². The number of hydrogen-bond donors (Lipinski definition) is 2. The Bertz CT molecular complexity index is 657. The fourth-order valence-electron chi connectivity index (χ4n) is 2.95. The van der Waals surface area contributed by atoms with Gasteiger partial charge in [0.25, 0.3) is 0 Å². The van der Waals surface area contributed by atoms with E-state index in [0.717, 1.165) is 12.8 Å². The van der Waals surface area contributed by atoms with Crippen molar-refractivity contribution in [1.82, 2.24) is 0 Å². The van der Waals surface area contributed by atoms with Crippen LogP contribution in [-0.2, 0) is 12.8 Å². The minimum Gasteiger partial charge on any atom is -0.396 e. The standard InChI is InChI=1S/C22H30O2/c1-21(2,15-23)13-17-10-11-19(14-22(3,4)16-24)20(12-17)18-8-6-5-7-9-18/h5-12,23-24H,13-16H2,1-4H3. The van der Waals surface area contributed by atoms with Crippen molar-refractivity contribution in [2.45, 2.75) is 40.5 Å². The van der Waals surface area contributed by atoms with E-state index in [2.05, 4.69) is 70.2 Å². The summed E-state index contributed by atoms with van der Waals surface area (Å²) in [5.41, 5.74) is 4.65. The SMILES string of the molecule is CC(C)(CO)Cc1ccc(CC(C)(C)CO)c(-c2ccccc2)c1. The second kappa shape index (κ2) is 7.50. The highest BCUT2D eigenvalue weighted by atomic mass is 16.3. The van der Waals surface area contributed by atoms with Crippen molar-refractivity contribution in [3.8, 4) is 11.1 Å². The van der Waals surface area contributed by atoms with Gasteiger partial charge in [-0.3, -0.25) is 0 Å². The Labute approximate surface area is 146 Å². The topological polar surface area (TPSA) is 40.5 Å². The number of benzene rings is 2. The van der Waals surface area contributed by atoms with Crippen LogP contribution in [0.25, 0.3) is 11.1 Å². The maximum Gasteiger partial charge on any atom is 0.0485 e. The van der Waals surface area contributed by atoms with Crippen LogP contribution in [0.1, 0.15) is 38.8 Å². The van der Waals surface area contributed by atoms with Gasteiger partial charge < -0.3 is 10.2 Å². The molecule has 2 aromatic rings. The minimum absolute atomic E-state index is 0.125. The highest BCUT2D eigenvalue weighted by molar-refractivity contribution is 5.68. The van der Waals surface area contributed by atoms with Gasteiger partial charge in [-0.15, -0.1) is 0 Å². The Balaban J connectivity index is 2.44. The summed E-state index contributed by atoms with van der Waals surface area (Å²) in [5.74, 6) is 0. The molecule has 2 heteroatoms. The lowest BCUT2D eigenvalue weighted by molar-refractivity contribution is 0.159. The van der Waals surface area contributed by atoms with Gasteiger partial charge in [0.15, 0.2) is 0 Å². The largest absolute Gasteiger partial charge is 0.396 e. The quantitative estimate of drug-likeness (QED) is 0.788. The molecule has 0 aliphatic carbocycles. The molecule has 0 heterocycles. The molecule has 0 bridgehead atoms. The summed E-state index contributed by atoms with van der Waals surface area (Å²) in [6.45, 7) is 8.68. The zero-order valence-electron chi connectivity index (χ0n) is 15.3. The summed E-state index contributed by atoms with van der Waals surface area (Å²) in [6, 6.07) is 17.0. The molecule has 0 fully saturated rings. The lowest BCUT2D eigenvalue weighted by atomic mass is 9.81. The third-order valence-corrected chi connectivity index (χ3v) is 4.47. The predicted octanol–water partition coefficient (Wildman–Crippen LogP) is 4.48. The Hall–Kier alpha value is -1.64. The van der Waals surface area contributed by atoms with Gasteiger partial charge in [-0.25, -0.2) is 0 Å². The molecule has 2 N–H and O–H groups in total. The molecule has 0 radical (unpaired) electrons. The van der Waals surface area contributed by atoms with Crippen LogP contribution < -0.4 is 0 Å². The van der Waals surface area contributed by atoms with Crippen LogP contribution in [0.3, 0.4) is 0 Å². The van der Waals surface area contributed by atoms with E-state index in [1.54, 1.807) is 0 Å². The van der Waals surface area contributed by atoms with Gasteiger partial charge >= 0.3 is 0 Å². The summed E-state index contributed by atoms with van der Waals surface area (Å²) in [6.07, 6.45) is 1.67. The Morgan fingerprint density at radius 2 is 1.33 bits per heavy atom. The number of aliphatic hydroxyl groups excluding tert-OH is 2. The molecule has 0 aliphatic rings. The average Bonchev–Trinajstić information content (AvgIpc) is 2.56. The summed E-state index contributed by atoms with van der Waals surface area (Å²) >= 11 is 0. The monoisotopic (exact) mass is 326 g/mol. The molecule has 130 valence electrons.